The number of halogens is 3. The molecule has 0 bridgehead atoms. The van der Waals surface area contributed by atoms with E-state index in [4.69, 9.17) is 39.5 Å². The molecule has 0 unspecified atom stereocenters. The van der Waals surface area contributed by atoms with Crippen molar-refractivity contribution < 1.29 is 14.3 Å². The minimum absolute atomic E-state index is 0.273. The molecule has 4 nitrogen and oxygen atoms in total. The number of rotatable bonds is 4. The predicted molar refractivity (Wildman–Crippen MR) is 93.5 cm³/mol. The van der Waals surface area contributed by atoms with Gasteiger partial charge >= 0.3 is 0 Å². The second kappa shape index (κ2) is 6.85. The molecular formula is C17H10Cl3NO3. The van der Waals surface area contributed by atoms with Crippen LogP contribution in [0.2, 0.25) is 5.02 Å². The molecule has 122 valence electrons. The summed E-state index contributed by atoms with van der Waals surface area (Å²) < 4.78 is 5.65. The van der Waals surface area contributed by atoms with Crippen LogP contribution in [0.25, 0.3) is 0 Å². The molecule has 0 atom stereocenters. The monoisotopic (exact) mass is 381 g/mol. The number of carbonyl (C=O) groups excluding carboxylic acids is 2. The van der Waals surface area contributed by atoms with Gasteiger partial charge in [0.15, 0.2) is 0 Å². The third kappa shape index (κ3) is 3.26. The Bertz CT molecular complexity index is 805. The summed E-state index contributed by atoms with van der Waals surface area (Å²) >= 11 is 17.3. The van der Waals surface area contributed by atoms with Gasteiger partial charge in [0, 0.05) is 5.02 Å². The van der Waals surface area contributed by atoms with E-state index in [0.717, 1.165) is 10.5 Å². The Morgan fingerprint density at radius 3 is 1.88 bits per heavy atom. The normalized spacial score (nSPS) is 14.5. The first-order valence-electron chi connectivity index (χ1n) is 6.89. The minimum atomic E-state index is -0.638. The van der Waals surface area contributed by atoms with Crippen molar-refractivity contribution in [1.29, 1.82) is 0 Å². The van der Waals surface area contributed by atoms with E-state index >= 15 is 0 Å². The van der Waals surface area contributed by atoms with Gasteiger partial charge in [-0.25, -0.2) is 4.90 Å². The van der Waals surface area contributed by atoms with E-state index in [1.165, 1.54) is 0 Å². The summed E-state index contributed by atoms with van der Waals surface area (Å²) in [5.41, 5.74) is 1.34. The third-order valence-corrected chi connectivity index (χ3v) is 4.44. The standard InChI is InChI=1S/C17H10Cl3NO3/c18-11-3-1-10(2-4-11)9-24-13-7-5-12(6-8-13)21-16(22)14(19)15(20)17(21)23/h1-8H,9H2. The Morgan fingerprint density at radius 2 is 1.33 bits per heavy atom. The highest BCUT2D eigenvalue weighted by molar-refractivity contribution is 6.62. The van der Waals surface area contributed by atoms with Crippen LogP contribution in [0.3, 0.4) is 0 Å². The molecule has 3 rings (SSSR count). The fourth-order valence-corrected chi connectivity index (χ4v) is 2.61. The van der Waals surface area contributed by atoms with Crippen molar-refractivity contribution in [1.82, 2.24) is 0 Å². The van der Waals surface area contributed by atoms with Gasteiger partial charge < -0.3 is 4.74 Å². The van der Waals surface area contributed by atoms with Crippen LogP contribution in [-0.2, 0) is 16.2 Å². The van der Waals surface area contributed by atoms with Crippen molar-refractivity contribution in [3.63, 3.8) is 0 Å². The summed E-state index contributed by atoms with van der Waals surface area (Å²) in [6, 6.07) is 13.8. The number of hydrogen-bond acceptors (Lipinski definition) is 3. The molecule has 0 aromatic heterocycles. The van der Waals surface area contributed by atoms with Crippen molar-refractivity contribution in [2.75, 3.05) is 4.90 Å². The lowest BCUT2D eigenvalue weighted by Crippen LogP contribution is -2.30. The number of hydrogen-bond donors (Lipinski definition) is 0. The molecule has 0 fully saturated rings. The van der Waals surface area contributed by atoms with E-state index in [9.17, 15) is 9.59 Å². The molecule has 1 aliphatic heterocycles. The van der Waals surface area contributed by atoms with Gasteiger partial charge in [-0.2, -0.15) is 0 Å². The van der Waals surface area contributed by atoms with Gasteiger partial charge in [-0.05, 0) is 42.0 Å². The lowest BCUT2D eigenvalue weighted by atomic mass is 10.2. The molecule has 0 radical (unpaired) electrons. The van der Waals surface area contributed by atoms with E-state index in [0.29, 0.717) is 23.1 Å². The summed E-state index contributed by atoms with van der Waals surface area (Å²) in [6.45, 7) is 0.372. The van der Waals surface area contributed by atoms with Crippen molar-refractivity contribution in [3.8, 4) is 5.75 Å². The van der Waals surface area contributed by atoms with Gasteiger partial charge in [0.2, 0.25) is 0 Å². The average Bonchev–Trinajstić information content (AvgIpc) is 2.78. The zero-order valence-electron chi connectivity index (χ0n) is 12.1. The number of anilines is 1. The number of benzene rings is 2. The van der Waals surface area contributed by atoms with Gasteiger partial charge in [-0.3, -0.25) is 9.59 Å². The van der Waals surface area contributed by atoms with Crippen molar-refractivity contribution in [2.24, 2.45) is 0 Å². The summed E-state index contributed by atoms with van der Waals surface area (Å²) in [5.74, 6) is -0.680. The molecule has 7 heteroatoms. The third-order valence-electron chi connectivity index (χ3n) is 3.39. The second-order valence-electron chi connectivity index (χ2n) is 4.98. The van der Waals surface area contributed by atoms with Crippen molar-refractivity contribution in [3.05, 3.63) is 69.2 Å². The molecule has 2 aromatic carbocycles. The highest BCUT2D eigenvalue weighted by atomic mass is 35.5. The Labute approximate surface area is 153 Å². The molecule has 0 saturated carbocycles. The van der Waals surface area contributed by atoms with Crippen LogP contribution in [-0.4, -0.2) is 11.8 Å². The number of ether oxygens (including phenoxy) is 1. The molecule has 1 heterocycles. The number of carbonyl (C=O) groups is 2. The zero-order valence-corrected chi connectivity index (χ0v) is 14.4. The summed E-state index contributed by atoms with van der Waals surface area (Å²) in [5, 5.41) is 0.114. The number of amides is 2. The molecule has 0 N–H and O–H groups in total. The molecule has 0 aliphatic carbocycles. The van der Waals surface area contributed by atoms with Gasteiger partial charge in [0.1, 0.15) is 22.4 Å². The first-order chi connectivity index (χ1) is 11.5. The largest absolute Gasteiger partial charge is 0.489 e. The maximum atomic E-state index is 11.9. The smallest absolute Gasteiger partial charge is 0.278 e. The number of nitrogens with zero attached hydrogens (tertiary/aromatic N) is 1. The zero-order chi connectivity index (χ0) is 17.3. The lowest BCUT2D eigenvalue weighted by molar-refractivity contribution is -0.120. The van der Waals surface area contributed by atoms with Gasteiger partial charge in [0.05, 0.1) is 5.69 Å². The van der Waals surface area contributed by atoms with E-state index < -0.39 is 11.8 Å². The average molecular weight is 383 g/mol. The van der Waals surface area contributed by atoms with E-state index in [-0.39, 0.29) is 10.1 Å². The molecular weight excluding hydrogens is 373 g/mol. The maximum Gasteiger partial charge on any atom is 0.278 e. The Morgan fingerprint density at radius 1 is 0.792 bits per heavy atom. The fraction of sp³-hybridized carbons (Fsp3) is 0.0588. The van der Waals surface area contributed by atoms with Crippen LogP contribution in [0.15, 0.2) is 58.6 Å². The summed E-state index contributed by atoms with van der Waals surface area (Å²) in [6.07, 6.45) is 0. The van der Waals surface area contributed by atoms with E-state index in [1.54, 1.807) is 36.4 Å². The molecule has 1 aliphatic rings. The first kappa shape index (κ1) is 16.8. The maximum absolute atomic E-state index is 11.9. The lowest BCUT2D eigenvalue weighted by Gasteiger charge is -2.15. The van der Waals surface area contributed by atoms with Crippen molar-refractivity contribution >= 4 is 52.3 Å². The van der Waals surface area contributed by atoms with Crippen LogP contribution >= 0.6 is 34.8 Å². The van der Waals surface area contributed by atoms with Crippen molar-refractivity contribution in [2.45, 2.75) is 6.61 Å². The van der Waals surface area contributed by atoms with Gasteiger partial charge in [-0.1, -0.05) is 46.9 Å². The van der Waals surface area contributed by atoms with Crippen LogP contribution in [0.4, 0.5) is 5.69 Å². The molecule has 24 heavy (non-hydrogen) atoms. The van der Waals surface area contributed by atoms with Crippen LogP contribution in [0.1, 0.15) is 5.56 Å². The topological polar surface area (TPSA) is 46.6 Å². The molecule has 0 spiro atoms. The highest BCUT2D eigenvalue weighted by Gasteiger charge is 2.37. The van der Waals surface area contributed by atoms with Crippen LogP contribution < -0.4 is 9.64 Å². The Hall–Kier alpha value is -2.01. The van der Waals surface area contributed by atoms with E-state index in [2.05, 4.69) is 0 Å². The Kier molecular flexibility index (Phi) is 4.81. The van der Waals surface area contributed by atoms with Crippen LogP contribution in [0.5, 0.6) is 5.75 Å². The second-order valence-corrected chi connectivity index (χ2v) is 6.18. The molecule has 0 saturated heterocycles. The minimum Gasteiger partial charge on any atom is -0.489 e. The summed E-state index contributed by atoms with van der Waals surface area (Å²) in [4.78, 5) is 24.8. The quantitative estimate of drug-likeness (QED) is 0.732. The first-order valence-corrected chi connectivity index (χ1v) is 8.02. The SMILES string of the molecule is O=C1C(Cl)=C(Cl)C(=O)N1c1ccc(OCc2ccc(Cl)cc2)cc1. The fourth-order valence-electron chi connectivity index (χ4n) is 2.15. The summed E-state index contributed by atoms with van der Waals surface area (Å²) in [7, 11) is 0. The molecule has 2 amide bonds. The molecule has 2 aromatic rings. The number of imide groups is 1. The van der Waals surface area contributed by atoms with E-state index in [1.807, 2.05) is 12.1 Å². The van der Waals surface area contributed by atoms with Gasteiger partial charge in [-0.15, -0.1) is 0 Å². The Balaban J connectivity index is 1.69. The predicted octanol–water partition coefficient (Wildman–Crippen LogP) is 4.48. The van der Waals surface area contributed by atoms with Crippen LogP contribution in [0, 0.1) is 0 Å². The van der Waals surface area contributed by atoms with Gasteiger partial charge in [0.25, 0.3) is 11.8 Å². The highest BCUT2D eigenvalue weighted by Crippen LogP contribution is 2.31.